The molecule has 0 aromatic carbocycles. The van der Waals surface area contributed by atoms with Gasteiger partial charge in [0, 0.05) is 6.07 Å². The Morgan fingerprint density at radius 1 is 1.67 bits per heavy atom. The molecule has 0 saturated carbocycles. The minimum atomic E-state index is -1.09. The summed E-state index contributed by atoms with van der Waals surface area (Å²) in [5.74, 6) is -2.26. The summed E-state index contributed by atoms with van der Waals surface area (Å²) in [4.78, 5) is 13.6. The topological polar surface area (TPSA) is 51.2 Å². The number of carbonyl (C=O) groups excluding carboxylic acids is 1. The number of hydrogen-bond donors (Lipinski definition) is 2. The van der Waals surface area contributed by atoms with Gasteiger partial charge in [-0.2, -0.15) is 4.39 Å². The van der Waals surface area contributed by atoms with E-state index in [4.69, 9.17) is 0 Å². The molecule has 0 bridgehead atoms. The van der Waals surface area contributed by atoms with Crippen LogP contribution in [0.5, 0.6) is 0 Å². The molecule has 15 heavy (non-hydrogen) atoms. The van der Waals surface area contributed by atoms with Crippen molar-refractivity contribution in [1.82, 2.24) is 4.98 Å². The number of aromatic nitrogens is 1. The van der Waals surface area contributed by atoms with Crippen molar-refractivity contribution in [2.75, 3.05) is 11.9 Å². The summed E-state index contributed by atoms with van der Waals surface area (Å²) in [6, 6.07) is 0.850. The highest BCUT2D eigenvalue weighted by atomic mass is 32.1. The number of hydrogen-bond acceptors (Lipinski definition) is 4. The molecule has 0 spiro atoms. The minimum Gasteiger partial charge on any atom is -0.450 e. The molecule has 1 N–H and O–H groups in total. The van der Waals surface area contributed by atoms with Crippen molar-refractivity contribution in [3.8, 4) is 0 Å². The summed E-state index contributed by atoms with van der Waals surface area (Å²) in [5.41, 5.74) is 0. The second-order valence-corrected chi connectivity index (χ2v) is 2.92. The number of halogens is 2. The highest BCUT2D eigenvalue weighted by Crippen LogP contribution is 2.18. The van der Waals surface area contributed by atoms with E-state index in [0.717, 1.165) is 6.07 Å². The Morgan fingerprint density at radius 3 is 2.87 bits per heavy atom. The molecule has 0 aliphatic carbocycles. The Bertz CT molecular complexity index is 364. The number of rotatable bonds is 2. The first kappa shape index (κ1) is 11.7. The zero-order chi connectivity index (χ0) is 11.4. The molecular formula is C8H8F2N2O2S. The molecule has 1 aromatic heterocycles. The van der Waals surface area contributed by atoms with Gasteiger partial charge in [-0.25, -0.2) is 14.2 Å². The molecule has 1 rings (SSSR count). The Labute approximate surface area is 90.1 Å². The van der Waals surface area contributed by atoms with Gasteiger partial charge in [0.1, 0.15) is 11.6 Å². The molecule has 0 fully saturated rings. The van der Waals surface area contributed by atoms with Crippen LogP contribution in [0.4, 0.5) is 19.4 Å². The van der Waals surface area contributed by atoms with Gasteiger partial charge in [-0.1, -0.05) is 0 Å². The number of anilines is 1. The molecule has 1 amide bonds. The molecule has 0 radical (unpaired) electrons. The van der Waals surface area contributed by atoms with Crippen molar-refractivity contribution in [3.05, 3.63) is 17.8 Å². The van der Waals surface area contributed by atoms with Crippen molar-refractivity contribution < 1.29 is 18.3 Å². The third-order valence-corrected chi connectivity index (χ3v) is 1.81. The maximum absolute atomic E-state index is 12.9. The van der Waals surface area contributed by atoms with Crippen molar-refractivity contribution in [1.29, 1.82) is 0 Å². The average molecular weight is 234 g/mol. The second-order valence-electron chi connectivity index (χ2n) is 2.47. The predicted molar refractivity (Wildman–Crippen MR) is 52.0 cm³/mol. The molecule has 0 unspecified atom stereocenters. The van der Waals surface area contributed by atoms with Gasteiger partial charge in [0.2, 0.25) is 5.95 Å². The minimum absolute atomic E-state index is 0.154. The smallest absolute Gasteiger partial charge is 0.412 e. The quantitative estimate of drug-likeness (QED) is 0.609. The number of nitrogens with zero attached hydrogens (tertiary/aromatic N) is 1. The van der Waals surface area contributed by atoms with Crippen LogP contribution in [0, 0.1) is 11.8 Å². The molecule has 7 heteroatoms. The molecule has 1 heterocycles. The molecule has 0 saturated heterocycles. The Hall–Kier alpha value is -1.37. The second kappa shape index (κ2) is 4.92. The van der Waals surface area contributed by atoms with Crippen LogP contribution in [0.2, 0.25) is 0 Å². The van der Waals surface area contributed by atoms with Crippen LogP contribution in [0.25, 0.3) is 0 Å². The van der Waals surface area contributed by atoms with Gasteiger partial charge in [0.05, 0.1) is 11.5 Å². The highest BCUT2D eigenvalue weighted by Gasteiger charge is 2.11. The lowest BCUT2D eigenvalue weighted by atomic mass is 10.4. The van der Waals surface area contributed by atoms with Gasteiger partial charge in [0.25, 0.3) is 0 Å². The normalized spacial score (nSPS) is 9.87. The molecule has 0 aliphatic heterocycles. The van der Waals surface area contributed by atoms with Gasteiger partial charge in [-0.3, -0.25) is 5.32 Å². The third kappa shape index (κ3) is 3.05. The van der Waals surface area contributed by atoms with Crippen LogP contribution < -0.4 is 5.32 Å². The largest absolute Gasteiger partial charge is 0.450 e. The molecular weight excluding hydrogens is 226 g/mol. The number of amides is 1. The zero-order valence-corrected chi connectivity index (χ0v) is 8.65. The lowest BCUT2D eigenvalue weighted by molar-refractivity contribution is 0.168. The summed E-state index contributed by atoms with van der Waals surface area (Å²) >= 11 is 3.53. The van der Waals surface area contributed by atoms with Crippen molar-refractivity contribution in [2.24, 2.45) is 0 Å². The van der Waals surface area contributed by atoms with E-state index in [-0.39, 0.29) is 12.4 Å². The van der Waals surface area contributed by atoms with E-state index >= 15 is 0 Å². The number of pyridine rings is 1. The maximum atomic E-state index is 12.9. The fourth-order valence-corrected chi connectivity index (χ4v) is 0.928. The first-order valence-corrected chi connectivity index (χ1v) is 4.48. The monoisotopic (exact) mass is 234 g/mol. The van der Waals surface area contributed by atoms with E-state index in [9.17, 15) is 13.6 Å². The standard InChI is InChI=1S/C8H8F2N2O2S/c1-2-14-8(13)12-5-3-4(9)6(15)7(10)11-5/h3,15H,2H2,1H3,(H,11,12,13). The fraction of sp³-hybridized carbons (Fsp3) is 0.250. The average Bonchev–Trinajstić information content (AvgIpc) is 2.14. The SMILES string of the molecule is CCOC(=O)Nc1cc(F)c(S)c(F)n1. The molecule has 1 aromatic rings. The number of ether oxygens (including phenoxy) is 1. The molecule has 0 atom stereocenters. The van der Waals surface area contributed by atoms with E-state index in [1.165, 1.54) is 0 Å². The summed E-state index contributed by atoms with van der Waals surface area (Å²) in [5, 5.41) is 2.07. The fourth-order valence-electron chi connectivity index (χ4n) is 0.814. The summed E-state index contributed by atoms with van der Waals surface area (Å²) in [6.07, 6.45) is -0.823. The van der Waals surface area contributed by atoms with E-state index < -0.39 is 22.8 Å². The van der Waals surface area contributed by atoms with E-state index in [0.29, 0.717) is 0 Å². The Balaban J connectivity index is 2.83. The maximum Gasteiger partial charge on any atom is 0.412 e. The first-order chi connectivity index (χ1) is 7.04. The number of thiol groups is 1. The van der Waals surface area contributed by atoms with Crippen LogP contribution in [-0.2, 0) is 4.74 Å². The van der Waals surface area contributed by atoms with Crippen LogP contribution in [-0.4, -0.2) is 17.7 Å². The summed E-state index contributed by atoms with van der Waals surface area (Å²) in [7, 11) is 0. The van der Waals surface area contributed by atoms with E-state index in [1.54, 1.807) is 6.92 Å². The van der Waals surface area contributed by atoms with Crippen molar-refractivity contribution in [3.63, 3.8) is 0 Å². The van der Waals surface area contributed by atoms with E-state index in [2.05, 4.69) is 27.7 Å². The van der Waals surface area contributed by atoms with Crippen LogP contribution >= 0.6 is 12.6 Å². The van der Waals surface area contributed by atoms with Gasteiger partial charge in [-0.15, -0.1) is 12.6 Å². The molecule has 4 nitrogen and oxygen atoms in total. The first-order valence-electron chi connectivity index (χ1n) is 4.03. The molecule has 0 aliphatic rings. The highest BCUT2D eigenvalue weighted by molar-refractivity contribution is 7.80. The van der Waals surface area contributed by atoms with Crippen molar-refractivity contribution >= 4 is 24.5 Å². The van der Waals surface area contributed by atoms with Gasteiger partial charge in [0.15, 0.2) is 0 Å². The van der Waals surface area contributed by atoms with Crippen LogP contribution in [0.15, 0.2) is 11.0 Å². The summed E-state index contributed by atoms with van der Waals surface area (Å²) in [6.45, 7) is 1.76. The van der Waals surface area contributed by atoms with Gasteiger partial charge >= 0.3 is 6.09 Å². The molecule has 82 valence electrons. The summed E-state index contributed by atoms with van der Waals surface area (Å²) < 4.78 is 30.3. The van der Waals surface area contributed by atoms with Crippen molar-refractivity contribution in [2.45, 2.75) is 11.8 Å². The van der Waals surface area contributed by atoms with Crippen LogP contribution in [0.3, 0.4) is 0 Å². The lowest BCUT2D eigenvalue weighted by Gasteiger charge is -2.05. The Morgan fingerprint density at radius 2 is 2.33 bits per heavy atom. The van der Waals surface area contributed by atoms with E-state index in [1.807, 2.05) is 0 Å². The third-order valence-electron chi connectivity index (χ3n) is 1.41. The van der Waals surface area contributed by atoms with Gasteiger partial charge in [-0.05, 0) is 6.92 Å². The van der Waals surface area contributed by atoms with Crippen LogP contribution in [0.1, 0.15) is 6.92 Å². The number of carbonyl (C=O) groups is 1. The lowest BCUT2D eigenvalue weighted by Crippen LogP contribution is -2.15. The zero-order valence-electron chi connectivity index (χ0n) is 7.75. The number of nitrogens with one attached hydrogen (secondary N) is 1. The Kier molecular flexibility index (Phi) is 3.84. The van der Waals surface area contributed by atoms with Gasteiger partial charge < -0.3 is 4.74 Å². The predicted octanol–water partition coefficient (Wildman–Crippen LogP) is 2.22.